The Labute approximate surface area is 60.9 Å². The zero-order chi connectivity index (χ0) is 6.97. The van der Waals surface area contributed by atoms with Crippen LogP contribution in [0.25, 0.3) is 0 Å². The molecule has 2 rings (SSSR count). The van der Waals surface area contributed by atoms with Gasteiger partial charge in [-0.3, -0.25) is 4.68 Å². The molecule has 1 aliphatic rings. The van der Waals surface area contributed by atoms with Crippen molar-refractivity contribution in [2.75, 3.05) is 0 Å². The highest BCUT2D eigenvalue weighted by molar-refractivity contribution is 4.85. The Bertz CT molecular complexity index is 203. The molecule has 0 aromatic carbocycles. The van der Waals surface area contributed by atoms with Crippen molar-refractivity contribution < 1.29 is 0 Å². The summed E-state index contributed by atoms with van der Waals surface area (Å²) in [7, 11) is 0. The highest BCUT2D eigenvalue weighted by Crippen LogP contribution is 2.38. The largest absolute Gasteiger partial charge is 0.272 e. The number of nitrogens with zero attached hydrogens (tertiary/aromatic N) is 2. The molecule has 0 N–H and O–H groups in total. The van der Waals surface area contributed by atoms with Gasteiger partial charge in [0.15, 0.2) is 0 Å². The van der Waals surface area contributed by atoms with Gasteiger partial charge in [0.2, 0.25) is 0 Å². The van der Waals surface area contributed by atoms with Crippen molar-refractivity contribution in [1.82, 2.24) is 9.78 Å². The summed E-state index contributed by atoms with van der Waals surface area (Å²) in [5, 5.41) is 4.15. The van der Waals surface area contributed by atoms with Crippen LogP contribution >= 0.6 is 0 Å². The van der Waals surface area contributed by atoms with Gasteiger partial charge < -0.3 is 0 Å². The summed E-state index contributed by atoms with van der Waals surface area (Å²) >= 11 is 0. The second-order valence-electron chi connectivity index (χ2n) is 3.20. The summed E-state index contributed by atoms with van der Waals surface area (Å²) in [6, 6.07) is 1.98. The maximum absolute atomic E-state index is 4.15. The van der Waals surface area contributed by atoms with Crippen LogP contribution in [0.2, 0.25) is 0 Å². The van der Waals surface area contributed by atoms with Gasteiger partial charge in [-0.15, -0.1) is 0 Å². The van der Waals surface area contributed by atoms with E-state index in [4.69, 9.17) is 0 Å². The zero-order valence-corrected chi connectivity index (χ0v) is 6.20. The monoisotopic (exact) mass is 136 g/mol. The predicted octanol–water partition coefficient (Wildman–Crippen LogP) is 1.54. The van der Waals surface area contributed by atoms with Gasteiger partial charge in [0.1, 0.15) is 0 Å². The average molecular weight is 136 g/mol. The van der Waals surface area contributed by atoms with Crippen LogP contribution in [0.4, 0.5) is 0 Å². The van der Waals surface area contributed by atoms with Crippen molar-refractivity contribution >= 4 is 0 Å². The van der Waals surface area contributed by atoms with E-state index in [9.17, 15) is 0 Å². The van der Waals surface area contributed by atoms with Crippen molar-refractivity contribution in [2.24, 2.45) is 11.8 Å². The van der Waals surface area contributed by atoms with Gasteiger partial charge in [-0.05, 0) is 24.3 Å². The zero-order valence-electron chi connectivity index (χ0n) is 6.20. The molecule has 1 aromatic rings. The van der Waals surface area contributed by atoms with Crippen molar-refractivity contribution in [3.63, 3.8) is 0 Å². The van der Waals surface area contributed by atoms with E-state index >= 15 is 0 Å². The van der Waals surface area contributed by atoms with Gasteiger partial charge in [-0.2, -0.15) is 5.10 Å². The molecule has 0 radical (unpaired) electrons. The summed E-state index contributed by atoms with van der Waals surface area (Å²) in [5.41, 5.74) is 0. The minimum Gasteiger partial charge on any atom is -0.272 e. The molecule has 0 bridgehead atoms. The van der Waals surface area contributed by atoms with Crippen LogP contribution < -0.4 is 0 Å². The summed E-state index contributed by atoms with van der Waals surface area (Å²) in [6.07, 6.45) is 5.26. The van der Waals surface area contributed by atoms with Crippen LogP contribution in [0.5, 0.6) is 0 Å². The van der Waals surface area contributed by atoms with E-state index in [0.717, 1.165) is 18.4 Å². The van der Waals surface area contributed by atoms with Crippen molar-refractivity contribution in [2.45, 2.75) is 19.9 Å². The van der Waals surface area contributed by atoms with E-state index in [-0.39, 0.29) is 0 Å². The minimum atomic E-state index is 0.903. The molecule has 10 heavy (non-hydrogen) atoms. The third-order valence-electron chi connectivity index (χ3n) is 2.26. The van der Waals surface area contributed by atoms with Crippen molar-refractivity contribution in [3.8, 4) is 0 Å². The maximum atomic E-state index is 4.15. The normalized spacial score (nSPS) is 30.5. The highest BCUT2D eigenvalue weighted by Gasteiger charge is 2.32. The number of aromatic nitrogens is 2. The lowest BCUT2D eigenvalue weighted by atomic mass is 10.3. The second-order valence-corrected chi connectivity index (χ2v) is 3.20. The third-order valence-corrected chi connectivity index (χ3v) is 2.26. The number of rotatable bonds is 2. The molecule has 2 nitrogen and oxygen atoms in total. The molecule has 0 aliphatic heterocycles. The number of hydrogen-bond donors (Lipinski definition) is 0. The van der Waals surface area contributed by atoms with Gasteiger partial charge in [0.05, 0.1) is 0 Å². The fourth-order valence-electron chi connectivity index (χ4n) is 1.30. The molecule has 1 fully saturated rings. The molecule has 0 amide bonds. The first-order chi connectivity index (χ1) is 4.86. The van der Waals surface area contributed by atoms with Crippen LogP contribution in [0.1, 0.15) is 13.3 Å². The molecule has 2 heteroatoms. The first-order valence-electron chi connectivity index (χ1n) is 3.83. The lowest BCUT2D eigenvalue weighted by Crippen LogP contribution is -2.00. The van der Waals surface area contributed by atoms with E-state index in [2.05, 4.69) is 12.0 Å². The molecule has 54 valence electrons. The Hall–Kier alpha value is -0.790. The highest BCUT2D eigenvalue weighted by atomic mass is 15.3. The van der Waals surface area contributed by atoms with Gasteiger partial charge >= 0.3 is 0 Å². The Morgan fingerprint density at radius 1 is 1.70 bits per heavy atom. The standard InChI is InChI=1S/C8H12N2/c1-7-5-8(7)6-10-4-2-3-9-10/h2-4,7-8H,5-6H2,1H3. The SMILES string of the molecule is CC1CC1Cn1cccn1. The van der Waals surface area contributed by atoms with Crippen molar-refractivity contribution in [3.05, 3.63) is 18.5 Å². The Kier molecular flexibility index (Phi) is 1.26. The van der Waals surface area contributed by atoms with Gasteiger partial charge in [0, 0.05) is 18.9 Å². The smallest absolute Gasteiger partial charge is 0.0489 e. The van der Waals surface area contributed by atoms with Gasteiger partial charge in [-0.25, -0.2) is 0 Å². The van der Waals surface area contributed by atoms with E-state index in [1.165, 1.54) is 6.42 Å². The summed E-state index contributed by atoms with van der Waals surface area (Å²) in [5.74, 6) is 1.84. The van der Waals surface area contributed by atoms with Crippen LogP contribution in [-0.4, -0.2) is 9.78 Å². The molecule has 2 atom stereocenters. The second kappa shape index (κ2) is 2.11. The fourth-order valence-corrected chi connectivity index (χ4v) is 1.30. The van der Waals surface area contributed by atoms with Gasteiger partial charge in [0.25, 0.3) is 0 Å². The summed E-state index contributed by atoms with van der Waals surface area (Å²) < 4.78 is 2.02. The minimum absolute atomic E-state index is 0.903. The van der Waals surface area contributed by atoms with E-state index in [0.29, 0.717) is 0 Å². The predicted molar refractivity (Wildman–Crippen MR) is 39.5 cm³/mol. The number of hydrogen-bond acceptors (Lipinski definition) is 1. The Morgan fingerprint density at radius 2 is 2.50 bits per heavy atom. The molecule has 2 unspecified atom stereocenters. The molecule has 0 spiro atoms. The summed E-state index contributed by atoms with van der Waals surface area (Å²) in [6.45, 7) is 3.42. The lowest BCUT2D eigenvalue weighted by molar-refractivity contribution is 0.540. The Balaban J connectivity index is 1.93. The topological polar surface area (TPSA) is 17.8 Å². The van der Waals surface area contributed by atoms with E-state index in [1.807, 2.05) is 23.1 Å². The first kappa shape index (κ1) is 5.96. The van der Waals surface area contributed by atoms with Crippen LogP contribution in [0.3, 0.4) is 0 Å². The quantitative estimate of drug-likeness (QED) is 0.603. The van der Waals surface area contributed by atoms with Gasteiger partial charge in [-0.1, -0.05) is 6.92 Å². The fraction of sp³-hybridized carbons (Fsp3) is 0.625. The maximum Gasteiger partial charge on any atom is 0.0489 e. The molecule has 1 heterocycles. The van der Waals surface area contributed by atoms with Crippen LogP contribution in [0.15, 0.2) is 18.5 Å². The molecule has 1 saturated carbocycles. The van der Waals surface area contributed by atoms with E-state index < -0.39 is 0 Å². The molecule has 1 aromatic heterocycles. The molecule has 1 aliphatic carbocycles. The molecule has 0 saturated heterocycles. The Morgan fingerprint density at radius 3 is 3.00 bits per heavy atom. The van der Waals surface area contributed by atoms with E-state index in [1.54, 1.807) is 0 Å². The third kappa shape index (κ3) is 1.06. The lowest BCUT2D eigenvalue weighted by Gasteiger charge is -1.96. The van der Waals surface area contributed by atoms with Crippen LogP contribution in [-0.2, 0) is 6.54 Å². The average Bonchev–Trinajstić information content (AvgIpc) is 2.48. The molecular formula is C8H12N2. The van der Waals surface area contributed by atoms with Crippen molar-refractivity contribution in [1.29, 1.82) is 0 Å². The summed E-state index contributed by atoms with van der Waals surface area (Å²) in [4.78, 5) is 0. The molecular weight excluding hydrogens is 124 g/mol. The first-order valence-corrected chi connectivity index (χ1v) is 3.83. The van der Waals surface area contributed by atoms with Crippen LogP contribution in [0, 0.1) is 11.8 Å².